The molecule has 20 heavy (non-hydrogen) atoms. The average molecular weight is 277 g/mol. The smallest absolute Gasteiger partial charge is 0.374 e. The lowest BCUT2D eigenvalue weighted by atomic mass is 10.1. The molecule has 1 heterocycles. The molecule has 0 aliphatic carbocycles. The summed E-state index contributed by atoms with van der Waals surface area (Å²) in [5.74, 6) is -0.612. The molecule has 1 unspecified atom stereocenters. The lowest BCUT2D eigenvalue weighted by Crippen LogP contribution is -2.20. The Morgan fingerprint density at radius 3 is 2.85 bits per heavy atom. The number of rotatable bonds is 5. The molecular formula is C15H16FNO3. The zero-order valence-electron chi connectivity index (χ0n) is 11.4. The fourth-order valence-corrected chi connectivity index (χ4v) is 1.95. The van der Waals surface area contributed by atoms with E-state index in [0.29, 0.717) is 17.7 Å². The number of carbonyl (C=O) groups excluding carboxylic acids is 1. The Balaban J connectivity index is 2.04. The number of hydrogen-bond acceptors (Lipinski definition) is 4. The van der Waals surface area contributed by atoms with Gasteiger partial charge < -0.3 is 14.5 Å². The van der Waals surface area contributed by atoms with Gasteiger partial charge in [-0.05, 0) is 19.1 Å². The largest absolute Gasteiger partial charge is 0.463 e. The van der Waals surface area contributed by atoms with Gasteiger partial charge in [-0.15, -0.1) is 0 Å². The lowest BCUT2D eigenvalue weighted by molar-refractivity contribution is 0.0563. The fraction of sp³-hybridized carbons (Fsp3) is 0.267. The van der Waals surface area contributed by atoms with Crippen LogP contribution in [0.3, 0.4) is 0 Å². The Kier molecular flexibility index (Phi) is 4.53. The van der Waals surface area contributed by atoms with Crippen LogP contribution in [0.5, 0.6) is 0 Å². The number of ether oxygens (including phenoxy) is 1. The molecule has 0 aliphatic heterocycles. The van der Waals surface area contributed by atoms with E-state index in [0.717, 1.165) is 0 Å². The second-order valence-electron chi connectivity index (χ2n) is 4.39. The van der Waals surface area contributed by atoms with Crippen molar-refractivity contribution >= 4 is 5.97 Å². The van der Waals surface area contributed by atoms with E-state index in [-0.39, 0.29) is 17.6 Å². The summed E-state index contributed by atoms with van der Waals surface area (Å²) in [5, 5.41) is 3.15. The Hall–Kier alpha value is -2.14. The maximum Gasteiger partial charge on any atom is 0.374 e. The zero-order valence-corrected chi connectivity index (χ0v) is 11.4. The molecule has 0 fully saturated rings. The SMILES string of the molecule is COC(=O)c1occc1CNC(C)c1ccccc1F. The van der Waals surface area contributed by atoms with E-state index in [9.17, 15) is 9.18 Å². The molecule has 1 atom stereocenters. The first-order chi connectivity index (χ1) is 9.63. The van der Waals surface area contributed by atoms with E-state index in [1.54, 1.807) is 24.3 Å². The number of methoxy groups -OCH3 is 1. The van der Waals surface area contributed by atoms with Gasteiger partial charge in [0.1, 0.15) is 5.82 Å². The molecule has 0 amide bonds. The van der Waals surface area contributed by atoms with Gasteiger partial charge >= 0.3 is 5.97 Å². The quantitative estimate of drug-likeness (QED) is 0.853. The lowest BCUT2D eigenvalue weighted by Gasteiger charge is -2.14. The molecule has 0 saturated carbocycles. The third-order valence-electron chi connectivity index (χ3n) is 3.09. The van der Waals surface area contributed by atoms with Crippen molar-refractivity contribution in [1.82, 2.24) is 5.32 Å². The number of halogens is 1. The molecule has 1 aromatic heterocycles. The number of furan rings is 1. The number of benzene rings is 1. The molecule has 0 saturated heterocycles. The molecule has 1 N–H and O–H groups in total. The summed E-state index contributed by atoms with van der Waals surface area (Å²) in [5.41, 5.74) is 1.26. The highest BCUT2D eigenvalue weighted by Crippen LogP contribution is 2.18. The minimum atomic E-state index is -0.523. The van der Waals surface area contributed by atoms with E-state index in [2.05, 4.69) is 10.1 Å². The highest BCUT2D eigenvalue weighted by atomic mass is 19.1. The normalized spacial score (nSPS) is 12.2. The minimum absolute atomic E-state index is 0.167. The molecule has 2 rings (SSSR count). The molecule has 5 heteroatoms. The summed E-state index contributed by atoms with van der Waals surface area (Å²) in [6, 6.07) is 8.09. The molecule has 0 aliphatic rings. The highest BCUT2D eigenvalue weighted by Gasteiger charge is 2.17. The Morgan fingerprint density at radius 2 is 2.15 bits per heavy atom. The van der Waals surface area contributed by atoms with Crippen LogP contribution in [0.25, 0.3) is 0 Å². The molecule has 106 valence electrons. The topological polar surface area (TPSA) is 51.5 Å². The number of esters is 1. The van der Waals surface area contributed by atoms with Crippen LogP contribution in [0.1, 0.15) is 34.6 Å². The first-order valence-electron chi connectivity index (χ1n) is 6.26. The van der Waals surface area contributed by atoms with Crippen molar-refractivity contribution in [3.8, 4) is 0 Å². The summed E-state index contributed by atoms with van der Waals surface area (Å²) < 4.78 is 23.4. The summed E-state index contributed by atoms with van der Waals surface area (Å²) in [6.07, 6.45) is 1.43. The van der Waals surface area contributed by atoms with Crippen LogP contribution in [0, 0.1) is 5.82 Å². The summed E-state index contributed by atoms with van der Waals surface area (Å²) >= 11 is 0. The Labute approximate surface area is 116 Å². The Morgan fingerprint density at radius 1 is 1.40 bits per heavy atom. The minimum Gasteiger partial charge on any atom is -0.463 e. The molecule has 0 spiro atoms. The average Bonchev–Trinajstić information content (AvgIpc) is 2.93. The zero-order chi connectivity index (χ0) is 14.5. The fourth-order valence-electron chi connectivity index (χ4n) is 1.95. The molecular weight excluding hydrogens is 261 g/mol. The summed E-state index contributed by atoms with van der Waals surface area (Å²) in [4.78, 5) is 11.5. The maximum atomic E-state index is 13.6. The van der Waals surface area contributed by atoms with Crippen LogP contribution in [-0.4, -0.2) is 13.1 Å². The van der Waals surface area contributed by atoms with Crippen molar-refractivity contribution in [2.45, 2.75) is 19.5 Å². The number of nitrogens with one attached hydrogen (secondary N) is 1. The van der Waals surface area contributed by atoms with E-state index in [1.807, 2.05) is 6.92 Å². The second kappa shape index (κ2) is 6.34. The first kappa shape index (κ1) is 14.3. The van der Waals surface area contributed by atoms with E-state index in [4.69, 9.17) is 4.42 Å². The van der Waals surface area contributed by atoms with Gasteiger partial charge in [-0.1, -0.05) is 18.2 Å². The van der Waals surface area contributed by atoms with Crippen LogP contribution in [0.15, 0.2) is 41.0 Å². The molecule has 4 nitrogen and oxygen atoms in total. The van der Waals surface area contributed by atoms with Crippen molar-refractivity contribution in [2.24, 2.45) is 0 Å². The van der Waals surface area contributed by atoms with Gasteiger partial charge in [0.2, 0.25) is 5.76 Å². The van der Waals surface area contributed by atoms with Crippen LogP contribution >= 0.6 is 0 Å². The van der Waals surface area contributed by atoms with Crippen molar-refractivity contribution in [1.29, 1.82) is 0 Å². The van der Waals surface area contributed by atoms with Crippen molar-refractivity contribution in [3.63, 3.8) is 0 Å². The number of hydrogen-bond donors (Lipinski definition) is 1. The standard InChI is InChI=1S/C15H16FNO3/c1-10(12-5-3-4-6-13(12)16)17-9-11-7-8-20-14(11)15(18)19-2/h3-8,10,17H,9H2,1-2H3. The molecule has 0 bridgehead atoms. The predicted octanol–water partition coefficient (Wildman–Crippen LogP) is 3.06. The molecule has 0 radical (unpaired) electrons. The van der Waals surface area contributed by atoms with Gasteiger partial charge in [-0.3, -0.25) is 0 Å². The third kappa shape index (κ3) is 3.05. The van der Waals surface area contributed by atoms with Gasteiger partial charge in [0.15, 0.2) is 0 Å². The van der Waals surface area contributed by atoms with Crippen molar-refractivity contribution < 1.29 is 18.3 Å². The molecule has 2 aromatic rings. The van der Waals surface area contributed by atoms with Gasteiger partial charge in [-0.25, -0.2) is 9.18 Å². The number of carbonyl (C=O) groups is 1. The first-order valence-corrected chi connectivity index (χ1v) is 6.26. The monoisotopic (exact) mass is 277 g/mol. The van der Waals surface area contributed by atoms with Crippen molar-refractivity contribution in [3.05, 3.63) is 59.3 Å². The van der Waals surface area contributed by atoms with E-state index in [1.165, 1.54) is 19.4 Å². The summed E-state index contributed by atoms with van der Waals surface area (Å²) in [7, 11) is 1.30. The summed E-state index contributed by atoms with van der Waals surface area (Å²) in [6.45, 7) is 2.24. The predicted molar refractivity (Wildman–Crippen MR) is 71.7 cm³/mol. The van der Waals surface area contributed by atoms with Gasteiger partial charge in [0.05, 0.1) is 13.4 Å². The van der Waals surface area contributed by atoms with Gasteiger partial charge in [0.25, 0.3) is 0 Å². The van der Waals surface area contributed by atoms with Crippen LogP contribution in [0.4, 0.5) is 4.39 Å². The third-order valence-corrected chi connectivity index (χ3v) is 3.09. The van der Waals surface area contributed by atoms with E-state index < -0.39 is 5.97 Å². The highest BCUT2D eigenvalue weighted by molar-refractivity contribution is 5.87. The van der Waals surface area contributed by atoms with Gasteiger partial charge in [-0.2, -0.15) is 0 Å². The molecule has 1 aromatic carbocycles. The second-order valence-corrected chi connectivity index (χ2v) is 4.39. The van der Waals surface area contributed by atoms with Crippen LogP contribution in [-0.2, 0) is 11.3 Å². The van der Waals surface area contributed by atoms with Gasteiger partial charge in [0, 0.05) is 23.7 Å². The van der Waals surface area contributed by atoms with E-state index >= 15 is 0 Å². The Bertz CT molecular complexity index is 594. The van der Waals surface area contributed by atoms with Crippen LogP contribution < -0.4 is 5.32 Å². The van der Waals surface area contributed by atoms with Crippen LogP contribution in [0.2, 0.25) is 0 Å². The maximum absolute atomic E-state index is 13.6. The van der Waals surface area contributed by atoms with Crippen molar-refractivity contribution in [2.75, 3.05) is 7.11 Å².